The lowest BCUT2D eigenvalue weighted by atomic mass is 10.1. The molecule has 0 aromatic heterocycles. The van der Waals surface area contributed by atoms with E-state index in [2.05, 4.69) is 22.5 Å². The summed E-state index contributed by atoms with van der Waals surface area (Å²) in [5.74, 6) is 5.68. The second kappa shape index (κ2) is 9.94. The minimum atomic E-state index is -0.402. The van der Waals surface area contributed by atoms with E-state index in [9.17, 15) is 9.59 Å². The van der Waals surface area contributed by atoms with Gasteiger partial charge in [-0.3, -0.25) is 0 Å². The first-order valence-corrected chi connectivity index (χ1v) is 9.48. The Labute approximate surface area is 176 Å². The lowest BCUT2D eigenvalue weighted by Gasteiger charge is -2.15. The number of esters is 1. The van der Waals surface area contributed by atoms with Gasteiger partial charge in [0.15, 0.2) is 0 Å². The highest BCUT2D eigenvalue weighted by molar-refractivity contribution is 5.90. The molecule has 0 spiro atoms. The molecule has 2 N–H and O–H groups in total. The van der Waals surface area contributed by atoms with Crippen molar-refractivity contribution in [2.75, 3.05) is 12.4 Å². The molecule has 0 saturated carbocycles. The smallest absolute Gasteiger partial charge is 0.337 e. The van der Waals surface area contributed by atoms with Gasteiger partial charge in [0.05, 0.1) is 18.7 Å². The van der Waals surface area contributed by atoms with E-state index in [0.717, 1.165) is 11.1 Å². The molecule has 1 unspecified atom stereocenters. The largest absolute Gasteiger partial charge is 0.465 e. The summed E-state index contributed by atoms with van der Waals surface area (Å²) >= 11 is 0. The standard InChI is InChI=1S/C25H22N2O3/c1-18(21-10-4-3-5-11-21)26-25(29)27-23-13-7-9-20(17-23)15-14-19-8-6-12-22(16-19)24(28)30-2/h3-13,16-18H,1-2H3,(H2,26,27,29). The number of nitrogens with one attached hydrogen (secondary N) is 2. The Morgan fingerprint density at radius 2 is 1.53 bits per heavy atom. The number of hydrogen-bond donors (Lipinski definition) is 2. The molecule has 0 heterocycles. The van der Waals surface area contributed by atoms with Crippen molar-refractivity contribution in [3.8, 4) is 11.8 Å². The molecule has 2 amide bonds. The van der Waals surface area contributed by atoms with E-state index >= 15 is 0 Å². The summed E-state index contributed by atoms with van der Waals surface area (Å²) in [7, 11) is 1.34. The number of rotatable bonds is 4. The summed E-state index contributed by atoms with van der Waals surface area (Å²) in [5, 5.41) is 5.75. The zero-order chi connectivity index (χ0) is 21.3. The van der Waals surface area contributed by atoms with Crippen LogP contribution in [0, 0.1) is 11.8 Å². The van der Waals surface area contributed by atoms with Gasteiger partial charge >= 0.3 is 12.0 Å². The maximum absolute atomic E-state index is 12.3. The number of methoxy groups -OCH3 is 1. The molecular weight excluding hydrogens is 376 g/mol. The molecule has 5 nitrogen and oxygen atoms in total. The summed E-state index contributed by atoms with van der Waals surface area (Å²) in [6.45, 7) is 1.93. The number of amides is 2. The maximum atomic E-state index is 12.3. The predicted molar refractivity (Wildman–Crippen MR) is 117 cm³/mol. The van der Waals surface area contributed by atoms with Crippen LogP contribution < -0.4 is 10.6 Å². The molecule has 1 atom stereocenters. The third-order valence-corrected chi connectivity index (χ3v) is 4.40. The van der Waals surface area contributed by atoms with Crippen molar-refractivity contribution in [2.24, 2.45) is 0 Å². The van der Waals surface area contributed by atoms with Crippen molar-refractivity contribution < 1.29 is 14.3 Å². The number of carbonyl (C=O) groups is 2. The predicted octanol–water partition coefficient (Wildman–Crippen LogP) is 4.76. The van der Waals surface area contributed by atoms with E-state index in [1.807, 2.05) is 55.5 Å². The first-order valence-electron chi connectivity index (χ1n) is 9.48. The molecule has 0 aliphatic carbocycles. The van der Waals surface area contributed by atoms with Crippen LogP contribution >= 0.6 is 0 Å². The summed E-state index contributed by atoms with van der Waals surface area (Å²) < 4.78 is 4.73. The molecular formula is C25H22N2O3. The molecule has 3 aromatic carbocycles. The Morgan fingerprint density at radius 1 is 0.867 bits per heavy atom. The van der Waals surface area contributed by atoms with Crippen molar-refractivity contribution in [3.63, 3.8) is 0 Å². The van der Waals surface area contributed by atoms with Crippen LogP contribution in [0.5, 0.6) is 0 Å². The minimum absolute atomic E-state index is 0.115. The van der Waals surface area contributed by atoms with Crippen molar-refractivity contribution in [3.05, 3.63) is 101 Å². The summed E-state index contributed by atoms with van der Waals surface area (Å²) in [6.07, 6.45) is 0. The van der Waals surface area contributed by atoms with Gasteiger partial charge < -0.3 is 15.4 Å². The van der Waals surface area contributed by atoms with E-state index in [4.69, 9.17) is 4.74 Å². The molecule has 0 saturated heterocycles. The average molecular weight is 398 g/mol. The van der Waals surface area contributed by atoms with Crippen LogP contribution in [0.1, 0.15) is 40.0 Å². The van der Waals surface area contributed by atoms with Crippen LogP contribution in [0.4, 0.5) is 10.5 Å². The highest BCUT2D eigenvalue weighted by Gasteiger charge is 2.09. The maximum Gasteiger partial charge on any atom is 0.337 e. The fourth-order valence-electron chi connectivity index (χ4n) is 2.85. The zero-order valence-corrected chi connectivity index (χ0v) is 16.8. The Balaban J connectivity index is 1.66. The molecule has 0 bridgehead atoms. The van der Waals surface area contributed by atoms with Gasteiger partial charge in [0, 0.05) is 16.8 Å². The van der Waals surface area contributed by atoms with Gasteiger partial charge in [-0.2, -0.15) is 0 Å². The highest BCUT2D eigenvalue weighted by atomic mass is 16.5. The molecule has 0 aliphatic heterocycles. The third kappa shape index (κ3) is 5.73. The second-order valence-corrected chi connectivity index (χ2v) is 6.63. The van der Waals surface area contributed by atoms with Gasteiger partial charge in [0.1, 0.15) is 0 Å². The Bertz CT molecular complexity index is 1100. The van der Waals surface area contributed by atoms with Crippen LogP contribution in [-0.4, -0.2) is 19.1 Å². The number of hydrogen-bond acceptors (Lipinski definition) is 3. The van der Waals surface area contributed by atoms with E-state index in [-0.39, 0.29) is 12.1 Å². The summed E-state index contributed by atoms with van der Waals surface area (Å²) in [5.41, 5.74) is 3.56. The Hall–Kier alpha value is -4.04. The Morgan fingerprint density at radius 3 is 2.23 bits per heavy atom. The molecule has 30 heavy (non-hydrogen) atoms. The van der Waals surface area contributed by atoms with Crippen molar-refractivity contribution >= 4 is 17.7 Å². The van der Waals surface area contributed by atoms with Crippen molar-refractivity contribution in [1.29, 1.82) is 0 Å². The fraction of sp³-hybridized carbons (Fsp3) is 0.120. The van der Waals surface area contributed by atoms with Crippen LogP contribution in [0.15, 0.2) is 78.9 Å². The van der Waals surface area contributed by atoms with Crippen LogP contribution in [0.25, 0.3) is 0 Å². The lowest BCUT2D eigenvalue weighted by molar-refractivity contribution is 0.0600. The van der Waals surface area contributed by atoms with Gasteiger partial charge in [-0.25, -0.2) is 9.59 Å². The van der Waals surface area contributed by atoms with Crippen LogP contribution in [0.3, 0.4) is 0 Å². The van der Waals surface area contributed by atoms with Gasteiger partial charge in [-0.1, -0.05) is 54.3 Å². The van der Waals surface area contributed by atoms with Gasteiger partial charge in [0.25, 0.3) is 0 Å². The molecule has 0 aliphatic rings. The van der Waals surface area contributed by atoms with E-state index in [1.54, 1.807) is 30.3 Å². The topological polar surface area (TPSA) is 67.4 Å². The van der Waals surface area contributed by atoms with E-state index in [1.165, 1.54) is 7.11 Å². The average Bonchev–Trinajstić information content (AvgIpc) is 2.78. The van der Waals surface area contributed by atoms with Crippen molar-refractivity contribution in [2.45, 2.75) is 13.0 Å². The first kappa shape index (κ1) is 20.7. The van der Waals surface area contributed by atoms with Crippen molar-refractivity contribution in [1.82, 2.24) is 5.32 Å². The molecule has 0 fully saturated rings. The van der Waals surface area contributed by atoms with Gasteiger partial charge in [-0.05, 0) is 48.9 Å². The number of urea groups is 1. The fourth-order valence-corrected chi connectivity index (χ4v) is 2.85. The monoisotopic (exact) mass is 398 g/mol. The zero-order valence-electron chi connectivity index (χ0n) is 16.8. The SMILES string of the molecule is COC(=O)c1cccc(C#Cc2cccc(NC(=O)NC(C)c3ccccc3)c2)c1. The molecule has 0 radical (unpaired) electrons. The van der Waals surface area contributed by atoms with E-state index in [0.29, 0.717) is 16.8 Å². The van der Waals surface area contributed by atoms with Crippen LogP contribution in [0.2, 0.25) is 0 Å². The minimum Gasteiger partial charge on any atom is -0.465 e. The molecule has 3 aromatic rings. The first-order chi connectivity index (χ1) is 14.5. The molecule has 5 heteroatoms. The van der Waals surface area contributed by atoms with Crippen LogP contribution in [-0.2, 0) is 4.74 Å². The number of benzene rings is 3. The van der Waals surface area contributed by atoms with Gasteiger partial charge in [0.2, 0.25) is 0 Å². The molecule has 3 rings (SSSR count). The quantitative estimate of drug-likeness (QED) is 0.492. The Kier molecular flexibility index (Phi) is 6.86. The normalized spacial score (nSPS) is 10.9. The lowest BCUT2D eigenvalue weighted by Crippen LogP contribution is -2.31. The number of carbonyl (C=O) groups excluding carboxylic acids is 2. The molecule has 150 valence electrons. The second-order valence-electron chi connectivity index (χ2n) is 6.63. The number of ether oxygens (including phenoxy) is 1. The summed E-state index contributed by atoms with van der Waals surface area (Å²) in [4.78, 5) is 24.0. The van der Waals surface area contributed by atoms with E-state index < -0.39 is 5.97 Å². The third-order valence-electron chi connectivity index (χ3n) is 4.40. The number of anilines is 1. The summed E-state index contributed by atoms with van der Waals surface area (Å²) in [6, 6.07) is 23.6. The van der Waals surface area contributed by atoms with Gasteiger partial charge in [-0.15, -0.1) is 0 Å². The highest BCUT2D eigenvalue weighted by Crippen LogP contribution is 2.13.